The van der Waals surface area contributed by atoms with Crippen LogP contribution in [0.15, 0.2) is 224 Å². The van der Waals surface area contributed by atoms with Gasteiger partial charge in [0.25, 0.3) is 0 Å². The van der Waals surface area contributed by atoms with Crippen molar-refractivity contribution in [2.24, 2.45) is 0 Å². The van der Waals surface area contributed by atoms with Gasteiger partial charge in [0.05, 0.1) is 11.0 Å². The predicted molar refractivity (Wildman–Crippen MR) is 312 cm³/mol. The molecule has 0 saturated heterocycles. The molecule has 0 N–H and O–H groups in total. The second kappa shape index (κ2) is 20.3. The summed E-state index contributed by atoms with van der Waals surface area (Å²) in [6.45, 7) is 10.6. The molecule has 0 aliphatic rings. The van der Waals surface area contributed by atoms with Crippen LogP contribution < -0.4 is 9.80 Å². The van der Waals surface area contributed by atoms with Crippen LogP contribution in [-0.4, -0.2) is 9.97 Å². The number of anilines is 6. The highest BCUT2D eigenvalue weighted by atomic mass is 15.2. The van der Waals surface area contributed by atoms with E-state index in [1.807, 2.05) is 0 Å². The van der Waals surface area contributed by atoms with Gasteiger partial charge in [-0.25, -0.2) is 0 Å². The van der Waals surface area contributed by atoms with E-state index in [1.54, 1.807) is 0 Å². The molecule has 11 rings (SSSR count). The highest BCUT2D eigenvalue weighted by molar-refractivity contribution is 6.12. The van der Waals surface area contributed by atoms with Crippen molar-refractivity contribution in [3.63, 3.8) is 0 Å². The molecule has 0 unspecified atom stereocenters. The zero-order valence-electron chi connectivity index (χ0n) is 42.0. The van der Waals surface area contributed by atoms with Crippen molar-refractivity contribution in [2.45, 2.75) is 34.6 Å². The summed E-state index contributed by atoms with van der Waals surface area (Å²) in [5.41, 5.74) is 23.2. The Bertz CT molecular complexity index is 3820. The first-order valence-electron chi connectivity index (χ1n) is 25.0. The first-order chi connectivity index (χ1) is 35.7. The summed E-state index contributed by atoms with van der Waals surface area (Å²) in [5, 5.41) is 2.21. The van der Waals surface area contributed by atoms with E-state index in [0.717, 1.165) is 101 Å². The number of aromatic nitrogens is 2. The minimum absolute atomic E-state index is 0.932. The summed E-state index contributed by atoms with van der Waals surface area (Å²) in [7, 11) is 0. The molecule has 0 saturated carbocycles. The Morgan fingerprint density at radius 3 is 1.14 bits per heavy atom. The third-order valence-corrected chi connectivity index (χ3v) is 13.4. The molecule has 0 fully saturated rings. The first kappa shape index (κ1) is 46.3. The average Bonchev–Trinajstić information content (AvgIpc) is 3.40. The molecule has 352 valence electrons. The van der Waals surface area contributed by atoms with Gasteiger partial charge in [0.2, 0.25) is 0 Å². The summed E-state index contributed by atoms with van der Waals surface area (Å²) in [6.07, 6.45) is 8.78. The molecular weight excluding hydrogens is 885 g/mol. The summed E-state index contributed by atoms with van der Waals surface area (Å²) in [4.78, 5) is 14.8. The molecule has 4 nitrogen and oxygen atoms in total. The van der Waals surface area contributed by atoms with Crippen LogP contribution in [0.3, 0.4) is 0 Å². The number of rotatable bonds is 12. The average molecular weight is 941 g/mol. The summed E-state index contributed by atoms with van der Waals surface area (Å²) in [6, 6.07) is 80.7. The van der Waals surface area contributed by atoms with E-state index in [2.05, 4.69) is 293 Å². The van der Waals surface area contributed by atoms with Gasteiger partial charge in [-0.3, -0.25) is 9.97 Å². The van der Waals surface area contributed by atoms with Crippen LogP contribution in [0.4, 0.5) is 34.1 Å². The predicted octanol–water partition coefficient (Wildman–Crippen LogP) is 18.9. The molecule has 2 aromatic heterocycles. The number of benzene rings is 9. The Hall–Kier alpha value is -9.12. The molecule has 0 bridgehead atoms. The number of pyridine rings is 2. The monoisotopic (exact) mass is 940 g/mol. The fourth-order valence-corrected chi connectivity index (χ4v) is 9.97. The maximum absolute atomic E-state index is 5.08. The second-order valence-electron chi connectivity index (χ2n) is 19.1. The number of hydrogen-bond acceptors (Lipinski definition) is 4. The van der Waals surface area contributed by atoms with Gasteiger partial charge in [0.1, 0.15) is 0 Å². The smallest absolute Gasteiger partial charge is 0.0974 e. The van der Waals surface area contributed by atoms with Gasteiger partial charge in [-0.1, -0.05) is 164 Å². The number of hydrogen-bond donors (Lipinski definition) is 0. The van der Waals surface area contributed by atoms with Crippen LogP contribution in [0.1, 0.15) is 50.3 Å². The van der Waals surface area contributed by atoms with Crippen LogP contribution in [-0.2, 0) is 0 Å². The third-order valence-electron chi connectivity index (χ3n) is 13.4. The number of nitrogens with zero attached hydrogens (tertiary/aromatic N) is 4. The molecule has 0 aliphatic heterocycles. The Kier molecular flexibility index (Phi) is 12.9. The summed E-state index contributed by atoms with van der Waals surface area (Å²) in [5.74, 6) is 0. The lowest BCUT2D eigenvalue weighted by atomic mass is 9.94. The van der Waals surface area contributed by atoms with E-state index in [4.69, 9.17) is 9.97 Å². The molecule has 2 heterocycles. The van der Waals surface area contributed by atoms with Crippen molar-refractivity contribution in [1.29, 1.82) is 0 Å². The van der Waals surface area contributed by atoms with E-state index >= 15 is 0 Å². The van der Waals surface area contributed by atoms with E-state index in [9.17, 15) is 0 Å². The van der Waals surface area contributed by atoms with Crippen LogP contribution in [0.5, 0.6) is 0 Å². The highest BCUT2D eigenvalue weighted by Crippen LogP contribution is 2.42. The topological polar surface area (TPSA) is 32.3 Å². The standard InChI is InChI=1S/C69H56N4/c1-47-15-9-23-58(39-47)72(59-24-10-16-48(2)40-59)62-27-14-28-63(46-62)73(60-25-11-17-49(3)41-60)61-26-13-19-55(45-61)36-34-53-31-29-52(30-32-53)33-35-54-18-12-22-57(44-54)67-43-51(5)71-69-65(67)38-37-64-66(42-50(4)70-68(64)69)56-20-7-6-8-21-56/h6-46H,1-5H3/b35-33+,36-34+. The zero-order chi connectivity index (χ0) is 49.8. The Balaban J connectivity index is 0.846. The Morgan fingerprint density at radius 1 is 0.288 bits per heavy atom. The molecule has 0 aliphatic carbocycles. The van der Waals surface area contributed by atoms with Gasteiger partial charge >= 0.3 is 0 Å². The molecule has 0 atom stereocenters. The van der Waals surface area contributed by atoms with Crippen LogP contribution in [0, 0.1) is 34.6 Å². The lowest BCUT2D eigenvalue weighted by Crippen LogP contribution is -2.13. The van der Waals surface area contributed by atoms with E-state index in [-0.39, 0.29) is 0 Å². The first-order valence-corrected chi connectivity index (χ1v) is 25.0. The number of fused-ring (bicyclic) bond motifs is 3. The normalized spacial score (nSPS) is 11.5. The molecule has 0 radical (unpaired) electrons. The van der Waals surface area contributed by atoms with Crippen molar-refractivity contribution in [3.8, 4) is 22.3 Å². The molecule has 73 heavy (non-hydrogen) atoms. The van der Waals surface area contributed by atoms with Gasteiger partial charge < -0.3 is 9.80 Å². The van der Waals surface area contributed by atoms with Crippen molar-refractivity contribution in [3.05, 3.63) is 275 Å². The van der Waals surface area contributed by atoms with Crippen LogP contribution in [0.25, 0.3) is 68.4 Å². The van der Waals surface area contributed by atoms with Crippen molar-refractivity contribution >= 4 is 80.2 Å². The van der Waals surface area contributed by atoms with E-state index in [0.29, 0.717) is 0 Å². The molecule has 4 heteroatoms. The molecule has 11 aromatic rings. The van der Waals surface area contributed by atoms with Gasteiger partial charge in [0.15, 0.2) is 0 Å². The van der Waals surface area contributed by atoms with Crippen molar-refractivity contribution in [2.75, 3.05) is 9.80 Å². The highest BCUT2D eigenvalue weighted by Gasteiger charge is 2.19. The quantitative estimate of drug-likeness (QED) is 0.0902. The largest absolute Gasteiger partial charge is 0.310 e. The van der Waals surface area contributed by atoms with Gasteiger partial charge in [0, 0.05) is 56.3 Å². The SMILES string of the molecule is Cc1cccc(N(c2cccc(C)c2)c2cccc(N(c3cccc(C)c3)c3cccc(/C=C/c4ccc(/C=C/c5cccc(-c6cc(C)nc7c6ccc6c(-c8ccccc8)cc(C)nc67)c5)cc4)c3)c2)c1. The lowest BCUT2D eigenvalue weighted by Gasteiger charge is -2.30. The van der Waals surface area contributed by atoms with Gasteiger partial charge in [-0.2, -0.15) is 0 Å². The molecule has 0 spiro atoms. The van der Waals surface area contributed by atoms with Crippen molar-refractivity contribution < 1.29 is 0 Å². The summed E-state index contributed by atoms with van der Waals surface area (Å²) < 4.78 is 0. The second-order valence-corrected chi connectivity index (χ2v) is 19.1. The van der Waals surface area contributed by atoms with Crippen LogP contribution in [0.2, 0.25) is 0 Å². The lowest BCUT2D eigenvalue weighted by molar-refractivity contribution is 1.23. The Morgan fingerprint density at radius 2 is 0.658 bits per heavy atom. The Labute approximate surface area is 429 Å². The molecular formula is C69H56N4. The van der Waals surface area contributed by atoms with E-state index < -0.39 is 0 Å². The minimum atomic E-state index is 0.932. The van der Waals surface area contributed by atoms with Gasteiger partial charge in [-0.15, -0.1) is 0 Å². The van der Waals surface area contributed by atoms with Gasteiger partial charge in [-0.05, 0) is 181 Å². The molecule has 0 amide bonds. The van der Waals surface area contributed by atoms with E-state index in [1.165, 1.54) is 27.8 Å². The number of aryl methyl sites for hydroxylation is 5. The molecule has 9 aromatic carbocycles. The zero-order valence-corrected chi connectivity index (χ0v) is 42.0. The maximum Gasteiger partial charge on any atom is 0.0974 e. The maximum atomic E-state index is 5.08. The third kappa shape index (κ3) is 10.1. The summed E-state index contributed by atoms with van der Waals surface area (Å²) >= 11 is 0. The fourth-order valence-electron chi connectivity index (χ4n) is 9.97. The fraction of sp³-hybridized carbons (Fsp3) is 0.0725. The van der Waals surface area contributed by atoms with Crippen molar-refractivity contribution in [1.82, 2.24) is 9.97 Å². The minimum Gasteiger partial charge on any atom is -0.310 e. The van der Waals surface area contributed by atoms with Crippen LogP contribution >= 0.6 is 0 Å².